The molecule has 0 aromatic heterocycles. The number of benzene rings is 2. The summed E-state index contributed by atoms with van der Waals surface area (Å²) < 4.78 is 6.13. The van der Waals surface area contributed by atoms with Crippen LogP contribution >= 0.6 is 27.5 Å². The highest BCUT2D eigenvalue weighted by Gasteiger charge is 2.09. The minimum absolute atomic E-state index is 0.0918. The largest absolute Gasteiger partial charge is 0.495 e. The zero-order chi connectivity index (χ0) is 16.8. The maximum atomic E-state index is 12.1. The summed E-state index contributed by atoms with van der Waals surface area (Å²) in [4.78, 5) is 14.0. The van der Waals surface area contributed by atoms with E-state index in [1.807, 2.05) is 36.2 Å². The smallest absolute Gasteiger partial charge is 0.238 e. The molecule has 6 heteroatoms. The Bertz CT molecular complexity index is 677. The number of hydrogen-bond donors (Lipinski definition) is 1. The molecular formula is C17H18BrClN2O2. The molecule has 4 nitrogen and oxygen atoms in total. The van der Waals surface area contributed by atoms with Crippen LogP contribution in [-0.4, -0.2) is 31.5 Å². The van der Waals surface area contributed by atoms with E-state index in [1.165, 1.54) is 0 Å². The van der Waals surface area contributed by atoms with Gasteiger partial charge in [-0.1, -0.05) is 39.7 Å². The van der Waals surface area contributed by atoms with Crippen LogP contribution in [0.3, 0.4) is 0 Å². The van der Waals surface area contributed by atoms with Gasteiger partial charge < -0.3 is 10.1 Å². The molecule has 2 aromatic carbocycles. The lowest BCUT2D eigenvalue weighted by molar-refractivity contribution is -0.117. The highest BCUT2D eigenvalue weighted by Crippen LogP contribution is 2.27. The summed E-state index contributed by atoms with van der Waals surface area (Å²) in [7, 11) is 3.46. The van der Waals surface area contributed by atoms with Gasteiger partial charge in [-0.05, 0) is 42.9 Å². The third-order valence-corrected chi connectivity index (χ3v) is 4.04. The molecule has 0 bridgehead atoms. The Kier molecular flexibility index (Phi) is 6.45. The number of anilines is 1. The van der Waals surface area contributed by atoms with Crippen molar-refractivity contribution in [2.24, 2.45) is 0 Å². The second kappa shape index (κ2) is 8.34. The van der Waals surface area contributed by atoms with Gasteiger partial charge in [0.25, 0.3) is 0 Å². The number of halogens is 2. The summed E-state index contributed by atoms with van der Waals surface area (Å²) in [5, 5.41) is 3.30. The van der Waals surface area contributed by atoms with E-state index in [0.717, 1.165) is 10.0 Å². The van der Waals surface area contributed by atoms with Gasteiger partial charge in [-0.2, -0.15) is 0 Å². The van der Waals surface area contributed by atoms with Gasteiger partial charge in [-0.15, -0.1) is 0 Å². The molecule has 0 spiro atoms. The molecule has 23 heavy (non-hydrogen) atoms. The van der Waals surface area contributed by atoms with Crippen LogP contribution in [0.5, 0.6) is 5.75 Å². The van der Waals surface area contributed by atoms with Gasteiger partial charge in [0.15, 0.2) is 0 Å². The summed E-state index contributed by atoms with van der Waals surface area (Å²) in [6.45, 7) is 0.990. The SMILES string of the molecule is COc1ccc(NC(=O)CN(C)Cc2ccc(Br)cc2)cc1Cl. The molecule has 0 atom stereocenters. The molecule has 0 heterocycles. The van der Waals surface area contributed by atoms with Gasteiger partial charge >= 0.3 is 0 Å². The third-order valence-electron chi connectivity index (χ3n) is 3.21. The molecule has 0 aliphatic carbocycles. The number of ether oxygens (including phenoxy) is 1. The average Bonchev–Trinajstić information content (AvgIpc) is 2.49. The predicted octanol–water partition coefficient (Wildman–Crippen LogP) is 4.18. The standard InChI is InChI=1S/C17H18BrClN2O2/c1-21(10-12-3-5-13(18)6-4-12)11-17(22)20-14-7-8-16(23-2)15(19)9-14/h3-9H,10-11H2,1-2H3,(H,20,22). The second-order valence-electron chi connectivity index (χ2n) is 5.20. The Hall–Kier alpha value is -1.56. The van der Waals surface area contributed by atoms with Crippen molar-refractivity contribution < 1.29 is 9.53 Å². The van der Waals surface area contributed by atoms with E-state index in [9.17, 15) is 4.79 Å². The van der Waals surface area contributed by atoms with Crippen LogP contribution in [0.4, 0.5) is 5.69 Å². The number of nitrogens with one attached hydrogen (secondary N) is 1. The Morgan fingerprint density at radius 2 is 1.96 bits per heavy atom. The summed E-state index contributed by atoms with van der Waals surface area (Å²) in [5.41, 5.74) is 1.80. The topological polar surface area (TPSA) is 41.6 Å². The Morgan fingerprint density at radius 1 is 1.26 bits per heavy atom. The van der Waals surface area contributed by atoms with Crippen molar-refractivity contribution in [2.75, 3.05) is 26.0 Å². The predicted molar refractivity (Wildman–Crippen MR) is 97.1 cm³/mol. The molecule has 0 radical (unpaired) electrons. The second-order valence-corrected chi connectivity index (χ2v) is 6.52. The zero-order valence-electron chi connectivity index (χ0n) is 13.0. The van der Waals surface area contributed by atoms with Crippen molar-refractivity contribution in [3.8, 4) is 5.75 Å². The molecule has 2 rings (SSSR count). The van der Waals surface area contributed by atoms with Gasteiger partial charge in [-0.3, -0.25) is 9.69 Å². The fourth-order valence-corrected chi connectivity index (χ4v) is 2.67. The van der Waals surface area contributed by atoms with E-state index in [0.29, 0.717) is 29.5 Å². The van der Waals surface area contributed by atoms with Crippen LogP contribution in [0.2, 0.25) is 5.02 Å². The van der Waals surface area contributed by atoms with E-state index in [1.54, 1.807) is 25.3 Å². The number of amides is 1. The third kappa shape index (κ3) is 5.53. The van der Waals surface area contributed by atoms with E-state index >= 15 is 0 Å². The van der Waals surface area contributed by atoms with E-state index < -0.39 is 0 Å². The van der Waals surface area contributed by atoms with Crippen LogP contribution in [0.1, 0.15) is 5.56 Å². The van der Waals surface area contributed by atoms with Crippen molar-refractivity contribution in [3.05, 3.63) is 57.5 Å². The Labute approximate surface area is 149 Å². The fourth-order valence-electron chi connectivity index (χ4n) is 2.15. The van der Waals surface area contributed by atoms with Gasteiger partial charge in [-0.25, -0.2) is 0 Å². The monoisotopic (exact) mass is 396 g/mol. The van der Waals surface area contributed by atoms with Crippen LogP contribution in [0.25, 0.3) is 0 Å². The van der Waals surface area contributed by atoms with Crippen molar-refractivity contribution in [2.45, 2.75) is 6.54 Å². The van der Waals surface area contributed by atoms with Gasteiger partial charge in [0.05, 0.1) is 18.7 Å². The van der Waals surface area contributed by atoms with Crippen molar-refractivity contribution in [1.29, 1.82) is 0 Å². The number of rotatable bonds is 6. The lowest BCUT2D eigenvalue weighted by Crippen LogP contribution is -2.29. The maximum Gasteiger partial charge on any atom is 0.238 e. The molecule has 0 aliphatic heterocycles. The zero-order valence-corrected chi connectivity index (χ0v) is 15.3. The first-order valence-electron chi connectivity index (χ1n) is 7.04. The first-order chi connectivity index (χ1) is 11.0. The van der Waals surface area contributed by atoms with Gasteiger partial charge in [0.2, 0.25) is 5.91 Å². The Morgan fingerprint density at radius 3 is 2.57 bits per heavy atom. The quantitative estimate of drug-likeness (QED) is 0.795. The molecule has 0 unspecified atom stereocenters. The van der Waals surface area contributed by atoms with Crippen LogP contribution < -0.4 is 10.1 Å². The molecule has 2 aromatic rings. The number of methoxy groups -OCH3 is 1. The summed E-state index contributed by atoms with van der Waals surface area (Å²) in [6, 6.07) is 13.2. The van der Waals surface area contributed by atoms with Gasteiger partial charge in [0, 0.05) is 16.7 Å². The number of hydrogen-bond acceptors (Lipinski definition) is 3. The number of likely N-dealkylation sites (N-methyl/N-ethyl adjacent to an activating group) is 1. The lowest BCUT2D eigenvalue weighted by atomic mass is 10.2. The number of carbonyl (C=O) groups excluding carboxylic acids is 1. The van der Waals surface area contributed by atoms with Crippen molar-refractivity contribution in [1.82, 2.24) is 4.90 Å². The van der Waals surface area contributed by atoms with E-state index in [2.05, 4.69) is 21.2 Å². The summed E-state index contributed by atoms with van der Waals surface area (Å²) >= 11 is 9.46. The van der Waals surface area contributed by atoms with Crippen LogP contribution in [0.15, 0.2) is 46.9 Å². The van der Waals surface area contributed by atoms with Crippen LogP contribution in [0, 0.1) is 0 Å². The molecule has 0 fully saturated rings. The van der Waals surface area contributed by atoms with E-state index in [-0.39, 0.29) is 5.91 Å². The van der Waals surface area contributed by atoms with Crippen LogP contribution in [-0.2, 0) is 11.3 Å². The summed E-state index contributed by atoms with van der Waals surface area (Å²) in [6.07, 6.45) is 0. The Balaban J connectivity index is 1.88. The highest BCUT2D eigenvalue weighted by atomic mass is 79.9. The average molecular weight is 398 g/mol. The normalized spacial score (nSPS) is 10.7. The minimum atomic E-state index is -0.0918. The van der Waals surface area contributed by atoms with Crippen molar-refractivity contribution in [3.63, 3.8) is 0 Å². The first kappa shape index (κ1) is 17.8. The first-order valence-corrected chi connectivity index (χ1v) is 8.21. The number of nitrogens with zero attached hydrogens (tertiary/aromatic N) is 1. The molecule has 122 valence electrons. The molecular weight excluding hydrogens is 380 g/mol. The molecule has 1 N–H and O–H groups in total. The minimum Gasteiger partial charge on any atom is -0.495 e. The lowest BCUT2D eigenvalue weighted by Gasteiger charge is -2.16. The fraction of sp³-hybridized carbons (Fsp3) is 0.235. The maximum absolute atomic E-state index is 12.1. The summed E-state index contributed by atoms with van der Waals surface area (Å²) in [5.74, 6) is 0.489. The molecule has 0 aliphatic rings. The van der Waals surface area contributed by atoms with E-state index in [4.69, 9.17) is 16.3 Å². The van der Waals surface area contributed by atoms with Crippen molar-refractivity contribution >= 4 is 39.1 Å². The van der Waals surface area contributed by atoms with Gasteiger partial charge in [0.1, 0.15) is 5.75 Å². The molecule has 1 amide bonds. The molecule has 0 saturated heterocycles. The molecule has 0 saturated carbocycles. The number of carbonyl (C=O) groups is 1. The highest BCUT2D eigenvalue weighted by molar-refractivity contribution is 9.10.